The zero-order valence-corrected chi connectivity index (χ0v) is 18.4. The lowest BCUT2D eigenvalue weighted by Crippen LogP contribution is -2.50. The van der Waals surface area contributed by atoms with E-state index >= 15 is 0 Å². The summed E-state index contributed by atoms with van der Waals surface area (Å²) in [5, 5.41) is 8.97. The maximum absolute atomic E-state index is 11.9. The van der Waals surface area contributed by atoms with Gasteiger partial charge in [-0.3, -0.25) is 9.59 Å². The van der Waals surface area contributed by atoms with Gasteiger partial charge >= 0.3 is 5.97 Å². The van der Waals surface area contributed by atoms with E-state index in [1.54, 1.807) is 0 Å². The van der Waals surface area contributed by atoms with Gasteiger partial charge < -0.3 is 5.11 Å². The standard InChI is InChI=1S/C23H34O3.C2H6/c1-22-13-11-20-18(8-6-16-14-17(24)10-12-23(16,20)2)19(22)9-7-15(22)4-3-5-21(25)26;1-2/h14-15,18-20H,3-13H2,1-2H3,(H,25,26);1-2H3. The van der Waals surface area contributed by atoms with Gasteiger partial charge in [-0.2, -0.15) is 0 Å². The van der Waals surface area contributed by atoms with Gasteiger partial charge in [0.15, 0.2) is 5.78 Å². The van der Waals surface area contributed by atoms with Gasteiger partial charge in [0.2, 0.25) is 0 Å². The van der Waals surface area contributed by atoms with E-state index in [2.05, 4.69) is 13.8 Å². The van der Waals surface area contributed by atoms with Crippen molar-refractivity contribution in [3.05, 3.63) is 11.6 Å². The molecule has 0 radical (unpaired) electrons. The van der Waals surface area contributed by atoms with Crippen LogP contribution in [0.25, 0.3) is 0 Å². The van der Waals surface area contributed by atoms with Crippen LogP contribution in [-0.4, -0.2) is 16.9 Å². The van der Waals surface area contributed by atoms with Crippen LogP contribution >= 0.6 is 0 Å². The van der Waals surface area contributed by atoms with Gasteiger partial charge in [-0.25, -0.2) is 0 Å². The quantitative estimate of drug-likeness (QED) is 0.605. The molecule has 0 spiro atoms. The molecule has 4 aliphatic carbocycles. The van der Waals surface area contributed by atoms with Crippen molar-refractivity contribution in [2.45, 2.75) is 98.3 Å². The molecular formula is C25H40O3. The average Bonchev–Trinajstić information content (AvgIpc) is 3.00. The van der Waals surface area contributed by atoms with Crippen molar-refractivity contribution in [2.75, 3.05) is 0 Å². The minimum Gasteiger partial charge on any atom is -0.481 e. The Morgan fingerprint density at radius 2 is 1.82 bits per heavy atom. The van der Waals surface area contributed by atoms with E-state index in [9.17, 15) is 9.59 Å². The third-order valence-electron chi connectivity index (χ3n) is 9.10. The Morgan fingerprint density at radius 1 is 1.07 bits per heavy atom. The Bertz CT molecular complexity index is 636. The molecular weight excluding hydrogens is 348 g/mol. The Balaban J connectivity index is 0.00000109. The molecule has 4 rings (SSSR count). The van der Waals surface area contributed by atoms with E-state index in [0.717, 1.165) is 49.9 Å². The normalized spacial score (nSPS) is 41.7. The van der Waals surface area contributed by atoms with Gasteiger partial charge in [-0.15, -0.1) is 0 Å². The van der Waals surface area contributed by atoms with Crippen LogP contribution in [0, 0.1) is 34.5 Å². The van der Waals surface area contributed by atoms with Crippen molar-refractivity contribution in [1.82, 2.24) is 0 Å². The highest BCUT2D eigenvalue weighted by molar-refractivity contribution is 5.91. The first-order chi connectivity index (χ1) is 13.3. The molecule has 0 aromatic rings. The molecule has 158 valence electrons. The predicted octanol–water partition coefficient (Wildman–Crippen LogP) is 6.42. The number of ketones is 1. The third-order valence-corrected chi connectivity index (χ3v) is 9.10. The number of carboxylic acids is 1. The van der Waals surface area contributed by atoms with Gasteiger partial charge in [0, 0.05) is 12.8 Å². The first-order valence-corrected chi connectivity index (χ1v) is 11.8. The lowest BCUT2D eigenvalue weighted by molar-refractivity contribution is -0.137. The maximum Gasteiger partial charge on any atom is 0.303 e. The number of rotatable bonds is 4. The molecule has 1 N–H and O–H groups in total. The molecule has 0 heterocycles. The summed E-state index contributed by atoms with van der Waals surface area (Å²) in [5.74, 6) is 2.79. The first-order valence-electron chi connectivity index (χ1n) is 11.8. The van der Waals surface area contributed by atoms with Gasteiger partial charge in [0.05, 0.1) is 0 Å². The van der Waals surface area contributed by atoms with Gasteiger partial charge in [0.1, 0.15) is 0 Å². The van der Waals surface area contributed by atoms with Crippen LogP contribution in [0.4, 0.5) is 0 Å². The number of hydrogen-bond donors (Lipinski definition) is 1. The highest BCUT2D eigenvalue weighted by atomic mass is 16.4. The fourth-order valence-electron chi connectivity index (χ4n) is 7.64. The summed E-state index contributed by atoms with van der Waals surface area (Å²) < 4.78 is 0. The highest BCUT2D eigenvalue weighted by Crippen LogP contribution is 2.67. The van der Waals surface area contributed by atoms with Crippen LogP contribution in [0.5, 0.6) is 0 Å². The van der Waals surface area contributed by atoms with Crippen molar-refractivity contribution >= 4 is 11.8 Å². The van der Waals surface area contributed by atoms with Gasteiger partial charge in [0.25, 0.3) is 0 Å². The predicted molar refractivity (Wildman–Crippen MR) is 113 cm³/mol. The number of allylic oxidation sites excluding steroid dienone is 1. The molecule has 6 unspecified atom stereocenters. The molecule has 0 amide bonds. The summed E-state index contributed by atoms with van der Waals surface area (Å²) >= 11 is 0. The SMILES string of the molecule is CC.CC12CCC(=O)C=C1CCC1C2CCC2(C)C(CCCC(=O)O)CCC12. The highest BCUT2D eigenvalue weighted by Gasteiger charge is 2.58. The van der Waals surface area contributed by atoms with Crippen LogP contribution in [0.1, 0.15) is 98.3 Å². The summed E-state index contributed by atoms with van der Waals surface area (Å²) in [5.41, 5.74) is 2.14. The van der Waals surface area contributed by atoms with Crippen molar-refractivity contribution in [2.24, 2.45) is 34.5 Å². The summed E-state index contributed by atoms with van der Waals surface area (Å²) in [6, 6.07) is 0. The number of fused-ring (bicyclic) bond motifs is 5. The molecule has 0 bridgehead atoms. The van der Waals surface area contributed by atoms with Crippen molar-refractivity contribution in [3.8, 4) is 0 Å². The van der Waals surface area contributed by atoms with E-state index < -0.39 is 5.97 Å². The monoisotopic (exact) mass is 388 g/mol. The van der Waals surface area contributed by atoms with Gasteiger partial charge in [-0.05, 0) is 98.4 Å². The smallest absolute Gasteiger partial charge is 0.303 e. The zero-order valence-electron chi connectivity index (χ0n) is 18.4. The lowest BCUT2D eigenvalue weighted by atomic mass is 9.46. The molecule has 3 heteroatoms. The molecule has 3 saturated carbocycles. The van der Waals surface area contributed by atoms with Crippen LogP contribution in [0.15, 0.2) is 11.6 Å². The topological polar surface area (TPSA) is 54.4 Å². The number of aliphatic carboxylic acids is 1. The molecule has 6 atom stereocenters. The third kappa shape index (κ3) is 3.59. The lowest BCUT2D eigenvalue weighted by Gasteiger charge is -2.58. The Hall–Kier alpha value is -1.12. The first kappa shape index (κ1) is 21.6. The van der Waals surface area contributed by atoms with Crippen LogP contribution in [-0.2, 0) is 9.59 Å². The molecule has 0 saturated heterocycles. The van der Waals surface area contributed by atoms with E-state index in [4.69, 9.17) is 5.11 Å². The number of carboxylic acid groups (broad SMARTS) is 1. The minimum atomic E-state index is -0.653. The summed E-state index contributed by atoms with van der Waals surface area (Å²) in [6.07, 6.45) is 13.7. The van der Waals surface area contributed by atoms with Crippen LogP contribution in [0.2, 0.25) is 0 Å². The summed E-state index contributed by atoms with van der Waals surface area (Å²) in [4.78, 5) is 22.8. The molecule has 0 aliphatic heterocycles. The van der Waals surface area contributed by atoms with Crippen molar-refractivity contribution in [3.63, 3.8) is 0 Å². The number of hydrogen-bond acceptors (Lipinski definition) is 2. The minimum absolute atomic E-state index is 0.263. The van der Waals surface area contributed by atoms with E-state index in [0.29, 0.717) is 23.5 Å². The second kappa shape index (κ2) is 8.32. The average molecular weight is 389 g/mol. The fraction of sp³-hybridized carbons (Fsp3) is 0.840. The molecule has 3 nitrogen and oxygen atoms in total. The number of carbonyl (C=O) groups excluding carboxylic acids is 1. The second-order valence-corrected chi connectivity index (χ2v) is 10.1. The largest absolute Gasteiger partial charge is 0.481 e. The summed E-state index contributed by atoms with van der Waals surface area (Å²) in [6.45, 7) is 8.97. The molecule has 0 aromatic heterocycles. The number of carbonyl (C=O) groups is 2. The molecule has 0 aromatic carbocycles. The van der Waals surface area contributed by atoms with E-state index in [1.165, 1.54) is 37.7 Å². The molecule has 28 heavy (non-hydrogen) atoms. The Morgan fingerprint density at radius 3 is 2.54 bits per heavy atom. The van der Waals surface area contributed by atoms with E-state index in [-0.39, 0.29) is 5.41 Å². The van der Waals surface area contributed by atoms with Crippen LogP contribution < -0.4 is 0 Å². The molecule has 3 fully saturated rings. The fourth-order valence-corrected chi connectivity index (χ4v) is 7.64. The second-order valence-electron chi connectivity index (χ2n) is 10.1. The van der Waals surface area contributed by atoms with Crippen LogP contribution in [0.3, 0.4) is 0 Å². The Kier molecular flexibility index (Phi) is 6.41. The maximum atomic E-state index is 11.9. The summed E-state index contributed by atoms with van der Waals surface area (Å²) in [7, 11) is 0. The molecule has 4 aliphatic rings. The van der Waals surface area contributed by atoms with Gasteiger partial charge in [-0.1, -0.05) is 33.3 Å². The Labute approximate surface area is 171 Å². The van der Waals surface area contributed by atoms with Crippen molar-refractivity contribution < 1.29 is 14.7 Å². The van der Waals surface area contributed by atoms with Crippen molar-refractivity contribution in [1.29, 1.82) is 0 Å². The zero-order chi connectivity index (χ0) is 20.5. The van der Waals surface area contributed by atoms with E-state index in [1.807, 2.05) is 19.9 Å².